The van der Waals surface area contributed by atoms with E-state index in [1.807, 2.05) is 18.2 Å². The molecular formula is C17H15BrN2. The first-order valence-corrected chi connectivity index (χ1v) is 7.53. The van der Waals surface area contributed by atoms with E-state index in [0.717, 1.165) is 23.1 Å². The summed E-state index contributed by atoms with van der Waals surface area (Å²) in [6, 6.07) is 16.5. The quantitative estimate of drug-likeness (QED) is 0.762. The molecule has 0 bridgehead atoms. The molecule has 2 nitrogen and oxygen atoms in total. The Morgan fingerprint density at radius 2 is 2.00 bits per heavy atom. The Hall–Kier alpha value is -1.79. The van der Waals surface area contributed by atoms with Gasteiger partial charge in [0.15, 0.2) is 0 Å². The van der Waals surface area contributed by atoms with Crippen LogP contribution in [-0.2, 0) is 6.42 Å². The van der Waals surface area contributed by atoms with Crippen LogP contribution in [0.4, 0.5) is 11.4 Å². The van der Waals surface area contributed by atoms with Gasteiger partial charge in [-0.25, -0.2) is 0 Å². The molecule has 0 amide bonds. The predicted octanol–water partition coefficient (Wildman–Crippen LogP) is 4.65. The third-order valence-corrected chi connectivity index (χ3v) is 4.35. The maximum absolute atomic E-state index is 8.98. The highest BCUT2D eigenvalue weighted by atomic mass is 79.9. The van der Waals surface area contributed by atoms with Crippen molar-refractivity contribution < 1.29 is 0 Å². The van der Waals surface area contributed by atoms with E-state index in [-0.39, 0.29) is 0 Å². The van der Waals surface area contributed by atoms with Gasteiger partial charge in [0.05, 0.1) is 17.3 Å². The summed E-state index contributed by atoms with van der Waals surface area (Å²) in [7, 11) is 0. The van der Waals surface area contributed by atoms with Crippen molar-refractivity contribution >= 4 is 27.3 Å². The van der Waals surface area contributed by atoms with Crippen LogP contribution in [0.25, 0.3) is 0 Å². The predicted molar refractivity (Wildman–Crippen MR) is 85.2 cm³/mol. The zero-order valence-electron chi connectivity index (χ0n) is 11.3. The van der Waals surface area contributed by atoms with Crippen LogP contribution < -0.4 is 4.90 Å². The van der Waals surface area contributed by atoms with E-state index in [0.29, 0.717) is 11.5 Å². The van der Waals surface area contributed by atoms with Crippen molar-refractivity contribution in [2.75, 3.05) is 11.4 Å². The number of fused-ring (bicyclic) bond motifs is 1. The van der Waals surface area contributed by atoms with Gasteiger partial charge in [-0.15, -0.1) is 0 Å². The highest BCUT2D eigenvalue weighted by molar-refractivity contribution is 9.10. The van der Waals surface area contributed by atoms with Crippen molar-refractivity contribution in [3.8, 4) is 6.07 Å². The lowest BCUT2D eigenvalue weighted by molar-refractivity contribution is 0.562. The van der Waals surface area contributed by atoms with E-state index in [1.165, 1.54) is 11.3 Å². The average Bonchev–Trinajstić information content (AvgIpc) is 2.46. The Balaban J connectivity index is 2.09. The first kappa shape index (κ1) is 13.2. The molecule has 0 aromatic heterocycles. The molecule has 0 saturated heterocycles. The van der Waals surface area contributed by atoms with Crippen molar-refractivity contribution in [1.82, 2.24) is 0 Å². The van der Waals surface area contributed by atoms with Gasteiger partial charge in [0.2, 0.25) is 0 Å². The second-order valence-corrected chi connectivity index (χ2v) is 6.18. The fraction of sp³-hybridized carbons (Fsp3) is 0.235. The number of hydrogen-bond donors (Lipinski definition) is 0. The number of benzene rings is 2. The van der Waals surface area contributed by atoms with Crippen LogP contribution in [0.1, 0.15) is 18.1 Å². The number of nitrogens with zero attached hydrogens (tertiary/aromatic N) is 2. The van der Waals surface area contributed by atoms with Gasteiger partial charge in [-0.3, -0.25) is 0 Å². The standard InChI is InChI=1S/C17H15BrN2/c1-12-8-14-4-2-3-5-16(14)20(11-12)17-7-6-13(10-19)9-15(17)18/h2-7,9,12H,8,11H2,1H3. The molecule has 1 aliphatic rings. The minimum absolute atomic E-state index is 0.618. The Morgan fingerprint density at radius 3 is 2.75 bits per heavy atom. The lowest BCUT2D eigenvalue weighted by Gasteiger charge is -2.35. The van der Waals surface area contributed by atoms with Crippen molar-refractivity contribution in [1.29, 1.82) is 5.26 Å². The van der Waals surface area contributed by atoms with Gasteiger partial charge in [-0.1, -0.05) is 25.1 Å². The van der Waals surface area contributed by atoms with Gasteiger partial charge < -0.3 is 4.90 Å². The Morgan fingerprint density at radius 1 is 1.20 bits per heavy atom. The Labute approximate surface area is 127 Å². The van der Waals surface area contributed by atoms with Gasteiger partial charge in [-0.05, 0) is 58.1 Å². The van der Waals surface area contributed by atoms with Gasteiger partial charge in [0, 0.05) is 16.7 Å². The molecule has 0 radical (unpaired) electrons. The van der Waals surface area contributed by atoms with Crippen LogP contribution in [0.5, 0.6) is 0 Å². The zero-order chi connectivity index (χ0) is 14.1. The number of rotatable bonds is 1. The number of nitriles is 1. The van der Waals surface area contributed by atoms with Gasteiger partial charge in [0.1, 0.15) is 0 Å². The van der Waals surface area contributed by atoms with E-state index in [9.17, 15) is 0 Å². The molecule has 100 valence electrons. The number of anilines is 2. The van der Waals surface area contributed by atoms with E-state index in [1.54, 1.807) is 0 Å². The average molecular weight is 327 g/mol. The molecule has 3 rings (SSSR count). The van der Waals surface area contributed by atoms with Crippen LogP contribution >= 0.6 is 15.9 Å². The second-order valence-electron chi connectivity index (χ2n) is 5.33. The molecule has 20 heavy (non-hydrogen) atoms. The van der Waals surface area contributed by atoms with Gasteiger partial charge in [0.25, 0.3) is 0 Å². The highest BCUT2D eigenvalue weighted by Crippen LogP contribution is 2.38. The molecule has 0 spiro atoms. The SMILES string of the molecule is CC1Cc2ccccc2N(c2ccc(C#N)cc2Br)C1. The molecule has 1 heterocycles. The largest absolute Gasteiger partial charge is 0.340 e. The summed E-state index contributed by atoms with van der Waals surface area (Å²) in [4.78, 5) is 2.34. The van der Waals surface area contributed by atoms with Crippen molar-refractivity contribution in [2.45, 2.75) is 13.3 Å². The third-order valence-electron chi connectivity index (χ3n) is 3.71. The van der Waals surface area contributed by atoms with Crippen molar-refractivity contribution in [3.63, 3.8) is 0 Å². The molecule has 3 heteroatoms. The summed E-state index contributed by atoms with van der Waals surface area (Å²) in [6.07, 6.45) is 1.13. The normalized spacial score (nSPS) is 17.4. The maximum Gasteiger partial charge on any atom is 0.0992 e. The summed E-state index contributed by atoms with van der Waals surface area (Å²) < 4.78 is 0.973. The zero-order valence-corrected chi connectivity index (χ0v) is 12.9. The maximum atomic E-state index is 8.98. The Bertz CT molecular complexity index is 688. The lowest BCUT2D eigenvalue weighted by Crippen LogP contribution is -2.30. The topological polar surface area (TPSA) is 27.0 Å². The van der Waals surface area contributed by atoms with E-state index in [2.05, 4.69) is 58.1 Å². The molecule has 1 unspecified atom stereocenters. The first-order chi connectivity index (χ1) is 9.69. The summed E-state index contributed by atoms with van der Waals surface area (Å²) in [5.74, 6) is 0.618. The fourth-order valence-electron chi connectivity index (χ4n) is 2.82. The third kappa shape index (κ3) is 2.32. The summed E-state index contributed by atoms with van der Waals surface area (Å²) >= 11 is 3.60. The molecule has 0 N–H and O–H groups in total. The lowest BCUT2D eigenvalue weighted by atomic mass is 9.93. The molecule has 0 aliphatic carbocycles. The van der Waals surface area contributed by atoms with Crippen LogP contribution in [0.3, 0.4) is 0 Å². The molecule has 0 fully saturated rings. The molecule has 1 aliphatic heterocycles. The van der Waals surface area contributed by atoms with E-state index >= 15 is 0 Å². The number of hydrogen-bond acceptors (Lipinski definition) is 2. The van der Waals surface area contributed by atoms with Crippen LogP contribution in [0.2, 0.25) is 0 Å². The molecule has 2 aromatic rings. The van der Waals surface area contributed by atoms with Crippen molar-refractivity contribution in [3.05, 3.63) is 58.1 Å². The molecule has 1 atom stereocenters. The minimum atomic E-state index is 0.618. The van der Waals surface area contributed by atoms with E-state index < -0.39 is 0 Å². The summed E-state index contributed by atoms with van der Waals surface area (Å²) in [6.45, 7) is 3.28. The molecular weight excluding hydrogens is 312 g/mol. The monoisotopic (exact) mass is 326 g/mol. The first-order valence-electron chi connectivity index (χ1n) is 6.74. The van der Waals surface area contributed by atoms with Crippen LogP contribution in [-0.4, -0.2) is 6.54 Å². The van der Waals surface area contributed by atoms with Crippen LogP contribution in [0.15, 0.2) is 46.9 Å². The van der Waals surface area contributed by atoms with Crippen molar-refractivity contribution in [2.24, 2.45) is 5.92 Å². The van der Waals surface area contributed by atoms with Crippen LogP contribution in [0, 0.1) is 17.2 Å². The van der Waals surface area contributed by atoms with Gasteiger partial charge >= 0.3 is 0 Å². The second kappa shape index (κ2) is 5.30. The summed E-state index contributed by atoms with van der Waals surface area (Å²) in [5, 5.41) is 8.98. The van der Waals surface area contributed by atoms with Gasteiger partial charge in [-0.2, -0.15) is 5.26 Å². The fourth-order valence-corrected chi connectivity index (χ4v) is 3.41. The highest BCUT2D eigenvalue weighted by Gasteiger charge is 2.23. The summed E-state index contributed by atoms with van der Waals surface area (Å²) in [5.41, 5.74) is 4.47. The minimum Gasteiger partial charge on any atom is -0.340 e. The number of halogens is 1. The number of para-hydroxylation sites is 1. The van der Waals surface area contributed by atoms with E-state index in [4.69, 9.17) is 5.26 Å². The molecule has 2 aromatic carbocycles. The smallest absolute Gasteiger partial charge is 0.0992 e. The molecule has 0 saturated carbocycles. The Kier molecular flexibility index (Phi) is 3.50.